The van der Waals surface area contributed by atoms with Crippen LogP contribution in [0.1, 0.15) is 18.4 Å². The molecule has 0 aliphatic heterocycles. The smallest absolute Gasteiger partial charge is 0.328 e. The predicted molar refractivity (Wildman–Crippen MR) is 94.1 cm³/mol. The van der Waals surface area contributed by atoms with Crippen LogP contribution in [-0.2, 0) is 4.79 Å². The van der Waals surface area contributed by atoms with Gasteiger partial charge >= 0.3 is 5.97 Å². The number of rotatable bonds is 5. The minimum absolute atomic E-state index is 0.381. The van der Waals surface area contributed by atoms with E-state index in [-0.39, 0.29) is 0 Å². The molecule has 4 nitrogen and oxygen atoms in total. The Balaban J connectivity index is 1.65. The first-order valence-electron chi connectivity index (χ1n) is 7.98. The summed E-state index contributed by atoms with van der Waals surface area (Å²) < 4.78 is 5.86. The van der Waals surface area contributed by atoms with Crippen molar-refractivity contribution in [2.45, 2.75) is 18.9 Å². The molecule has 1 saturated carbocycles. The minimum Gasteiger partial charge on any atom is -0.490 e. The number of carboxylic acid groups (broad SMARTS) is 1. The van der Waals surface area contributed by atoms with E-state index < -0.39 is 5.97 Å². The van der Waals surface area contributed by atoms with Crippen molar-refractivity contribution in [1.82, 2.24) is 4.98 Å². The summed E-state index contributed by atoms with van der Waals surface area (Å²) in [5, 5.41) is 9.78. The Morgan fingerprint density at radius 2 is 2.04 bits per heavy atom. The molecule has 4 heteroatoms. The molecule has 4 rings (SSSR count). The van der Waals surface area contributed by atoms with Gasteiger partial charge in [-0.05, 0) is 54.8 Å². The van der Waals surface area contributed by atoms with Crippen LogP contribution in [0.3, 0.4) is 0 Å². The van der Waals surface area contributed by atoms with Crippen molar-refractivity contribution in [3.05, 3.63) is 60.2 Å². The highest BCUT2D eigenvalue weighted by atomic mass is 16.5. The maximum absolute atomic E-state index is 10.6. The Morgan fingerprint density at radius 1 is 1.17 bits per heavy atom. The summed E-state index contributed by atoms with van der Waals surface area (Å²) in [6.45, 7) is 0. The van der Waals surface area contributed by atoms with Gasteiger partial charge in [0.2, 0.25) is 0 Å². The lowest BCUT2D eigenvalue weighted by Gasteiger charge is -2.05. The van der Waals surface area contributed by atoms with Crippen molar-refractivity contribution in [3.63, 3.8) is 0 Å². The van der Waals surface area contributed by atoms with Crippen molar-refractivity contribution >= 4 is 22.9 Å². The van der Waals surface area contributed by atoms with E-state index >= 15 is 0 Å². The second-order valence-corrected chi connectivity index (χ2v) is 6.05. The SMILES string of the molecule is O=C(O)/C=C/c1ccc2[nH]c(-c3cccc(OC4CC4)c3)cc2c1. The number of ether oxygens (including phenoxy) is 1. The predicted octanol–water partition coefficient (Wildman–Crippen LogP) is 4.47. The average molecular weight is 319 g/mol. The van der Waals surface area contributed by atoms with E-state index in [1.165, 1.54) is 0 Å². The second kappa shape index (κ2) is 5.89. The Labute approximate surface area is 139 Å². The Bertz CT molecular complexity index is 935. The molecule has 1 fully saturated rings. The Kier molecular flexibility index (Phi) is 3.58. The minimum atomic E-state index is -0.947. The number of aromatic nitrogens is 1. The lowest BCUT2D eigenvalue weighted by Crippen LogP contribution is -1.95. The van der Waals surface area contributed by atoms with Crippen LogP contribution in [0.25, 0.3) is 28.2 Å². The first-order chi connectivity index (χ1) is 11.7. The van der Waals surface area contributed by atoms with E-state index in [9.17, 15) is 4.79 Å². The third kappa shape index (κ3) is 3.18. The van der Waals surface area contributed by atoms with Crippen molar-refractivity contribution in [1.29, 1.82) is 0 Å². The van der Waals surface area contributed by atoms with Gasteiger partial charge in [-0.3, -0.25) is 0 Å². The number of hydrogen-bond acceptors (Lipinski definition) is 2. The average Bonchev–Trinajstić information content (AvgIpc) is 3.28. The van der Waals surface area contributed by atoms with Gasteiger partial charge in [0.25, 0.3) is 0 Å². The normalized spacial score (nSPS) is 14.3. The molecular weight excluding hydrogens is 302 g/mol. The molecule has 2 aromatic carbocycles. The molecule has 1 aliphatic rings. The van der Waals surface area contributed by atoms with Gasteiger partial charge in [0, 0.05) is 28.2 Å². The number of carbonyl (C=O) groups is 1. The highest BCUT2D eigenvalue weighted by Gasteiger charge is 2.23. The van der Waals surface area contributed by atoms with Gasteiger partial charge in [0.15, 0.2) is 0 Å². The molecule has 3 aromatic rings. The number of fused-ring (bicyclic) bond motifs is 1. The molecule has 1 heterocycles. The Hall–Kier alpha value is -3.01. The zero-order chi connectivity index (χ0) is 16.5. The molecule has 0 spiro atoms. The Morgan fingerprint density at radius 3 is 2.83 bits per heavy atom. The van der Waals surface area contributed by atoms with Crippen molar-refractivity contribution in [3.8, 4) is 17.0 Å². The number of aliphatic carboxylic acids is 1. The van der Waals surface area contributed by atoms with Gasteiger partial charge in [-0.25, -0.2) is 4.79 Å². The van der Waals surface area contributed by atoms with E-state index in [0.29, 0.717) is 6.10 Å². The van der Waals surface area contributed by atoms with Crippen LogP contribution in [0.5, 0.6) is 5.75 Å². The fraction of sp³-hybridized carbons (Fsp3) is 0.150. The fourth-order valence-electron chi connectivity index (χ4n) is 2.69. The van der Waals surface area contributed by atoms with Crippen molar-refractivity contribution in [2.24, 2.45) is 0 Å². The number of aromatic amines is 1. The van der Waals surface area contributed by atoms with Gasteiger partial charge in [-0.2, -0.15) is 0 Å². The second-order valence-electron chi connectivity index (χ2n) is 6.05. The molecule has 2 N–H and O–H groups in total. The number of nitrogens with one attached hydrogen (secondary N) is 1. The molecule has 0 unspecified atom stereocenters. The lowest BCUT2D eigenvalue weighted by molar-refractivity contribution is -0.131. The maximum atomic E-state index is 10.6. The quantitative estimate of drug-likeness (QED) is 0.682. The molecule has 1 aromatic heterocycles. The maximum Gasteiger partial charge on any atom is 0.328 e. The third-order valence-corrected chi connectivity index (χ3v) is 4.04. The molecule has 120 valence electrons. The molecule has 0 amide bonds. The monoisotopic (exact) mass is 319 g/mol. The first-order valence-corrected chi connectivity index (χ1v) is 7.98. The van der Waals surface area contributed by atoms with Crippen LogP contribution >= 0.6 is 0 Å². The van der Waals surface area contributed by atoms with E-state index in [0.717, 1.165) is 52.4 Å². The van der Waals surface area contributed by atoms with Crippen LogP contribution in [0, 0.1) is 0 Å². The van der Waals surface area contributed by atoms with Crippen LogP contribution in [-0.4, -0.2) is 22.2 Å². The largest absolute Gasteiger partial charge is 0.490 e. The molecule has 0 radical (unpaired) electrons. The molecule has 0 atom stereocenters. The fourth-order valence-corrected chi connectivity index (χ4v) is 2.69. The van der Waals surface area contributed by atoms with Crippen LogP contribution in [0.2, 0.25) is 0 Å². The molecule has 24 heavy (non-hydrogen) atoms. The number of carboxylic acids is 1. The number of H-pyrrole nitrogens is 1. The zero-order valence-corrected chi connectivity index (χ0v) is 13.0. The van der Waals surface area contributed by atoms with Crippen LogP contribution in [0.4, 0.5) is 0 Å². The van der Waals surface area contributed by atoms with Crippen LogP contribution in [0.15, 0.2) is 54.6 Å². The molecule has 0 saturated heterocycles. The van der Waals surface area contributed by atoms with Gasteiger partial charge in [-0.1, -0.05) is 18.2 Å². The number of hydrogen-bond donors (Lipinski definition) is 2. The zero-order valence-electron chi connectivity index (χ0n) is 13.0. The highest BCUT2D eigenvalue weighted by Crippen LogP contribution is 2.31. The molecule has 1 aliphatic carbocycles. The van der Waals surface area contributed by atoms with Gasteiger partial charge in [0.05, 0.1) is 6.10 Å². The van der Waals surface area contributed by atoms with Gasteiger partial charge in [-0.15, -0.1) is 0 Å². The highest BCUT2D eigenvalue weighted by molar-refractivity contribution is 5.90. The summed E-state index contributed by atoms with van der Waals surface area (Å²) in [7, 11) is 0. The standard InChI is InChI=1S/C20H17NO3/c22-20(23)9-5-13-4-8-18-15(10-13)12-19(21-18)14-2-1-3-17(11-14)24-16-6-7-16/h1-5,8-12,16,21H,6-7H2,(H,22,23)/b9-5+. The van der Waals surface area contributed by atoms with Crippen LogP contribution < -0.4 is 4.74 Å². The summed E-state index contributed by atoms with van der Waals surface area (Å²) in [6, 6.07) is 16.0. The van der Waals surface area contributed by atoms with Gasteiger partial charge in [0.1, 0.15) is 5.75 Å². The summed E-state index contributed by atoms with van der Waals surface area (Å²) >= 11 is 0. The number of benzene rings is 2. The summed E-state index contributed by atoms with van der Waals surface area (Å²) in [5.74, 6) is -0.0453. The summed E-state index contributed by atoms with van der Waals surface area (Å²) in [6.07, 6.45) is 5.41. The van der Waals surface area contributed by atoms with E-state index in [1.807, 2.05) is 36.4 Å². The summed E-state index contributed by atoms with van der Waals surface area (Å²) in [4.78, 5) is 14.0. The van der Waals surface area contributed by atoms with Gasteiger partial charge < -0.3 is 14.8 Å². The van der Waals surface area contributed by atoms with E-state index in [2.05, 4.69) is 17.1 Å². The molecule has 0 bridgehead atoms. The lowest BCUT2D eigenvalue weighted by atomic mass is 10.1. The van der Waals surface area contributed by atoms with Crippen molar-refractivity contribution < 1.29 is 14.6 Å². The van der Waals surface area contributed by atoms with E-state index in [1.54, 1.807) is 6.08 Å². The first kappa shape index (κ1) is 14.6. The topological polar surface area (TPSA) is 62.3 Å². The third-order valence-electron chi connectivity index (χ3n) is 4.04. The van der Waals surface area contributed by atoms with Crippen molar-refractivity contribution in [2.75, 3.05) is 0 Å². The van der Waals surface area contributed by atoms with E-state index in [4.69, 9.17) is 9.84 Å². The summed E-state index contributed by atoms with van der Waals surface area (Å²) in [5.41, 5.74) is 3.98. The molecular formula is C20H17NO3.